The van der Waals surface area contributed by atoms with Gasteiger partial charge >= 0.3 is 0 Å². The molecule has 0 unspecified atom stereocenters. The van der Waals surface area contributed by atoms with Crippen molar-refractivity contribution in [3.8, 4) is 5.75 Å². The number of methoxy groups -OCH3 is 1. The molecule has 0 aliphatic carbocycles. The van der Waals surface area contributed by atoms with Crippen LogP contribution in [0.1, 0.15) is 21.7 Å². The molecule has 1 aromatic heterocycles. The molecule has 32 heavy (non-hydrogen) atoms. The van der Waals surface area contributed by atoms with E-state index in [1.807, 2.05) is 18.2 Å². The molecular weight excluding hydrogens is 396 g/mol. The van der Waals surface area contributed by atoms with Gasteiger partial charge in [0.2, 0.25) is 0 Å². The first-order valence-electron chi connectivity index (χ1n) is 10.5. The number of benzene rings is 4. The van der Waals surface area contributed by atoms with Crippen LogP contribution >= 0.6 is 0 Å². The number of hydrogen-bond donors (Lipinski definition) is 0. The summed E-state index contributed by atoms with van der Waals surface area (Å²) in [5, 5.41) is 2.43. The van der Waals surface area contributed by atoms with Crippen molar-refractivity contribution >= 4 is 33.7 Å². The van der Waals surface area contributed by atoms with Gasteiger partial charge in [0, 0.05) is 5.56 Å². The zero-order valence-corrected chi connectivity index (χ0v) is 17.7. The van der Waals surface area contributed by atoms with E-state index in [1.54, 1.807) is 43.5 Å². The van der Waals surface area contributed by atoms with Crippen LogP contribution in [0.4, 0.5) is 0 Å². The number of rotatable bonds is 6. The van der Waals surface area contributed by atoms with E-state index in [2.05, 4.69) is 53.1 Å². The number of para-hydroxylation sites is 2. The standard InChI is InChI=1S/C28H22N2O2/c1-32-23-15-13-21(14-16-23)27(31)17-18-28-29-25-11-4-5-12-26(25)30(28)19-22-9-6-8-20-7-2-3-10-24(20)22/h2-18H,19H2,1H3/b18-17+. The maximum absolute atomic E-state index is 12.7. The topological polar surface area (TPSA) is 44.1 Å². The van der Waals surface area contributed by atoms with Gasteiger partial charge in [0.1, 0.15) is 11.6 Å². The van der Waals surface area contributed by atoms with Crippen LogP contribution in [0, 0.1) is 0 Å². The lowest BCUT2D eigenvalue weighted by Crippen LogP contribution is -2.03. The molecule has 4 aromatic carbocycles. The maximum Gasteiger partial charge on any atom is 0.185 e. The molecule has 4 heteroatoms. The predicted octanol–water partition coefficient (Wildman–Crippen LogP) is 6.14. The minimum absolute atomic E-state index is 0.0728. The van der Waals surface area contributed by atoms with Crippen molar-refractivity contribution in [2.75, 3.05) is 7.11 Å². The number of imidazole rings is 1. The van der Waals surface area contributed by atoms with E-state index in [0.717, 1.165) is 22.6 Å². The molecule has 0 aliphatic rings. The minimum atomic E-state index is -0.0728. The van der Waals surface area contributed by atoms with Crippen LogP contribution in [-0.4, -0.2) is 22.4 Å². The van der Waals surface area contributed by atoms with Gasteiger partial charge in [-0.3, -0.25) is 4.79 Å². The van der Waals surface area contributed by atoms with E-state index >= 15 is 0 Å². The largest absolute Gasteiger partial charge is 0.497 e. The second-order valence-electron chi connectivity index (χ2n) is 7.61. The highest BCUT2D eigenvalue weighted by atomic mass is 16.5. The number of allylic oxidation sites excluding steroid dienone is 1. The van der Waals surface area contributed by atoms with Gasteiger partial charge in [0.25, 0.3) is 0 Å². The minimum Gasteiger partial charge on any atom is -0.497 e. The average Bonchev–Trinajstić information content (AvgIpc) is 3.20. The van der Waals surface area contributed by atoms with Gasteiger partial charge in [0.15, 0.2) is 5.78 Å². The lowest BCUT2D eigenvalue weighted by molar-refractivity contribution is 0.104. The second-order valence-corrected chi connectivity index (χ2v) is 7.61. The smallest absolute Gasteiger partial charge is 0.185 e. The lowest BCUT2D eigenvalue weighted by Gasteiger charge is -2.10. The Kier molecular flexibility index (Phi) is 5.26. The number of carbonyl (C=O) groups is 1. The summed E-state index contributed by atoms with van der Waals surface area (Å²) < 4.78 is 7.33. The summed E-state index contributed by atoms with van der Waals surface area (Å²) in [5.41, 5.74) is 3.77. The van der Waals surface area contributed by atoms with Crippen LogP contribution in [0.25, 0.3) is 27.9 Å². The van der Waals surface area contributed by atoms with E-state index in [1.165, 1.54) is 16.3 Å². The van der Waals surface area contributed by atoms with E-state index in [-0.39, 0.29) is 5.78 Å². The molecule has 0 aliphatic heterocycles. The molecule has 0 fully saturated rings. The zero-order chi connectivity index (χ0) is 21.9. The summed E-state index contributed by atoms with van der Waals surface area (Å²) in [7, 11) is 1.61. The van der Waals surface area contributed by atoms with Crippen LogP contribution in [0.5, 0.6) is 5.75 Å². The van der Waals surface area contributed by atoms with Crippen molar-refractivity contribution in [1.29, 1.82) is 0 Å². The molecule has 156 valence electrons. The van der Waals surface area contributed by atoms with Crippen LogP contribution < -0.4 is 4.74 Å². The van der Waals surface area contributed by atoms with Crippen molar-refractivity contribution < 1.29 is 9.53 Å². The van der Waals surface area contributed by atoms with Gasteiger partial charge in [-0.05, 0) is 64.9 Å². The SMILES string of the molecule is COc1ccc(C(=O)/C=C/c2nc3ccccc3n2Cc2cccc3ccccc23)cc1. The van der Waals surface area contributed by atoms with Gasteiger partial charge in [-0.25, -0.2) is 4.98 Å². The van der Waals surface area contributed by atoms with Crippen LogP contribution in [0.15, 0.2) is 97.1 Å². The number of fused-ring (bicyclic) bond motifs is 2. The van der Waals surface area contributed by atoms with Gasteiger partial charge in [0.05, 0.1) is 24.7 Å². The number of ketones is 1. The summed E-state index contributed by atoms with van der Waals surface area (Å²) in [6, 6.07) is 29.9. The molecule has 4 nitrogen and oxygen atoms in total. The summed E-state index contributed by atoms with van der Waals surface area (Å²) in [5.74, 6) is 1.40. The Balaban J connectivity index is 1.53. The summed E-state index contributed by atoms with van der Waals surface area (Å²) in [4.78, 5) is 17.5. The first-order valence-corrected chi connectivity index (χ1v) is 10.5. The van der Waals surface area contributed by atoms with E-state index in [9.17, 15) is 4.79 Å². The molecule has 1 heterocycles. The Morgan fingerprint density at radius 3 is 2.50 bits per heavy atom. The molecule has 0 atom stereocenters. The summed E-state index contributed by atoms with van der Waals surface area (Å²) in [6.07, 6.45) is 3.39. The molecule has 5 aromatic rings. The molecule has 0 saturated carbocycles. The first-order chi connectivity index (χ1) is 15.7. The van der Waals surface area contributed by atoms with Crippen LogP contribution in [0.3, 0.4) is 0 Å². The highest BCUT2D eigenvalue weighted by molar-refractivity contribution is 6.06. The van der Waals surface area contributed by atoms with Crippen LogP contribution in [-0.2, 0) is 6.54 Å². The fourth-order valence-electron chi connectivity index (χ4n) is 3.99. The number of ether oxygens (including phenoxy) is 1. The quantitative estimate of drug-likeness (QED) is 0.246. The third-order valence-electron chi connectivity index (χ3n) is 5.65. The van der Waals surface area contributed by atoms with Crippen molar-refractivity contribution in [1.82, 2.24) is 9.55 Å². The highest BCUT2D eigenvalue weighted by Gasteiger charge is 2.11. The average molecular weight is 418 g/mol. The van der Waals surface area contributed by atoms with Crippen molar-refractivity contribution in [2.24, 2.45) is 0 Å². The third kappa shape index (κ3) is 3.79. The number of aromatic nitrogens is 2. The van der Waals surface area contributed by atoms with Crippen molar-refractivity contribution in [3.63, 3.8) is 0 Å². The molecule has 0 N–H and O–H groups in total. The monoisotopic (exact) mass is 418 g/mol. The van der Waals surface area contributed by atoms with E-state index < -0.39 is 0 Å². The Morgan fingerprint density at radius 1 is 0.906 bits per heavy atom. The normalized spacial score (nSPS) is 11.4. The van der Waals surface area contributed by atoms with Gasteiger partial charge in [-0.1, -0.05) is 54.6 Å². The van der Waals surface area contributed by atoms with Crippen molar-refractivity contribution in [3.05, 3.63) is 114 Å². The third-order valence-corrected chi connectivity index (χ3v) is 5.65. The second kappa shape index (κ2) is 8.52. The van der Waals surface area contributed by atoms with Gasteiger partial charge < -0.3 is 9.30 Å². The first kappa shape index (κ1) is 19.8. The van der Waals surface area contributed by atoms with E-state index in [0.29, 0.717) is 12.1 Å². The molecule has 0 saturated heterocycles. The molecular formula is C28H22N2O2. The fourth-order valence-corrected chi connectivity index (χ4v) is 3.99. The molecule has 5 rings (SSSR count). The molecule has 0 amide bonds. The number of hydrogen-bond acceptors (Lipinski definition) is 3. The summed E-state index contributed by atoms with van der Waals surface area (Å²) >= 11 is 0. The van der Waals surface area contributed by atoms with Gasteiger partial charge in [-0.2, -0.15) is 0 Å². The van der Waals surface area contributed by atoms with Gasteiger partial charge in [-0.15, -0.1) is 0 Å². The number of carbonyl (C=O) groups excluding carboxylic acids is 1. The van der Waals surface area contributed by atoms with Crippen molar-refractivity contribution in [2.45, 2.75) is 6.54 Å². The van der Waals surface area contributed by atoms with E-state index in [4.69, 9.17) is 9.72 Å². The number of nitrogens with zero attached hydrogens (tertiary/aromatic N) is 2. The lowest BCUT2D eigenvalue weighted by atomic mass is 10.0. The molecule has 0 spiro atoms. The molecule has 0 radical (unpaired) electrons. The highest BCUT2D eigenvalue weighted by Crippen LogP contribution is 2.24. The Bertz CT molecular complexity index is 1440. The molecule has 0 bridgehead atoms. The summed E-state index contributed by atoms with van der Waals surface area (Å²) in [6.45, 7) is 0.665. The Hall–Kier alpha value is -4.18. The zero-order valence-electron chi connectivity index (χ0n) is 17.7. The fraction of sp³-hybridized carbons (Fsp3) is 0.0714. The van der Waals surface area contributed by atoms with Crippen LogP contribution in [0.2, 0.25) is 0 Å². The Morgan fingerprint density at radius 2 is 1.66 bits per heavy atom. The maximum atomic E-state index is 12.7. The predicted molar refractivity (Wildman–Crippen MR) is 129 cm³/mol. The Labute approximate surface area is 186 Å².